The second-order valence-electron chi connectivity index (χ2n) is 4.13. The van der Waals surface area contributed by atoms with Gasteiger partial charge in [-0.05, 0) is 19.1 Å². The third kappa shape index (κ3) is 2.11. The fourth-order valence-electron chi connectivity index (χ4n) is 1.86. The van der Waals surface area contributed by atoms with E-state index in [4.69, 9.17) is 9.15 Å². The van der Waals surface area contributed by atoms with Gasteiger partial charge in [-0.2, -0.15) is 0 Å². The van der Waals surface area contributed by atoms with Crippen molar-refractivity contribution in [3.05, 3.63) is 42.5 Å². The summed E-state index contributed by atoms with van der Waals surface area (Å²) in [6, 6.07) is 7.48. The number of aromatic nitrogens is 4. The Balaban J connectivity index is 2.05. The third-order valence-corrected chi connectivity index (χ3v) is 2.90. The predicted molar refractivity (Wildman–Crippen MR) is 72.0 cm³/mol. The highest BCUT2D eigenvalue weighted by atomic mass is 16.5. The molecule has 0 saturated carbocycles. The molecule has 0 spiro atoms. The van der Waals surface area contributed by atoms with Crippen molar-refractivity contribution in [2.45, 2.75) is 6.92 Å². The van der Waals surface area contributed by atoms with E-state index in [0.29, 0.717) is 17.5 Å². The van der Waals surface area contributed by atoms with Crippen LogP contribution in [0.2, 0.25) is 0 Å². The summed E-state index contributed by atoms with van der Waals surface area (Å²) >= 11 is 0. The number of ether oxygens (including phenoxy) is 1. The summed E-state index contributed by atoms with van der Waals surface area (Å²) in [5, 5.41) is 8.11. The Morgan fingerprint density at radius 3 is 2.55 bits per heavy atom. The van der Waals surface area contributed by atoms with Crippen molar-refractivity contribution in [3.63, 3.8) is 0 Å². The van der Waals surface area contributed by atoms with Gasteiger partial charge in [0.05, 0.1) is 23.9 Å². The summed E-state index contributed by atoms with van der Waals surface area (Å²) in [5.41, 5.74) is 2.26. The van der Waals surface area contributed by atoms with Crippen molar-refractivity contribution in [2.75, 3.05) is 7.11 Å². The highest BCUT2D eigenvalue weighted by molar-refractivity contribution is 5.64. The lowest BCUT2D eigenvalue weighted by Gasteiger charge is -2.03. The van der Waals surface area contributed by atoms with Gasteiger partial charge in [0, 0.05) is 6.20 Å². The first-order valence-electron chi connectivity index (χ1n) is 6.03. The van der Waals surface area contributed by atoms with Gasteiger partial charge in [-0.15, -0.1) is 10.2 Å². The number of methoxy groups -OCH3 is 1. The quantitative estimate of drug-likeness (QED) is 0.726. The van der Waals surface area contributed by atoms with Gasteiger partial charge in [-0.25, -0.2) is 9.97 Å². The molecule has 100 valence electrons. The molecule has 3 aromatic rings. The molecule has 6 heteroatoms. The van der Waals surface area contributed by atoms with E-state index in [1.54, 1.807) is 13.3 Å². The van der Waals surface area contributed by atoms with E-state index >= 15 is 0 Å². The molecule has 1 aromatic carbocycles. The zero-order valence-electron chi connectivity index (χ0n) is 11.1. The van der Waals surface area contributed by atoms with Gasteiger partial charge >= 0.3 is 0 Å². The summed E-state index contributed by atoms with van der Waals surface area (Å²) in [6.07, 6.45) is 3.14. The second kappa shape index (κ2) is 5.08. The van der Waals surface area contributed by atoms with Crippen LogP contribution in [-0.2, 0) is 0 Å². The zero-order chi connectivity index (χ0) is 13.9. The Morgan fingerprint density at radius 1 is 1.05 bits per heavy atom. The summed E-state index contributed by atoms with van der Waals surface area (Å²) in [6.45, 7) is 1.87. The molecule has 0 radical (unpaired) electrons. The number of benzene rings is 1. The van der Waals surface area contributed by atoms with Crippen LogP contribution in [0.4, 0.5) is 0 Å². The van der Waals surface area contributed by atoms with Crippen LogP contribution in [0.15, 0.2) is 41.2 Å². The van der Waals surface area contributed by atoms with Gasteiger partial charge in [-0.1, -0.05) is 12.1 Å². The Bertz CT molecular complexity index is 739. The van der Waals surface area contributed by atoms with Crippen LogP contribution in [-0.4, -0.2) is 27.3 Å². The maximum Gasteiger partial charge on any atom is 0.251 e. The first-order chi connectivity index (χ1) is 9.79. The van der Waals surface area contributed by atoms with Gasteiger partial charge in [0.15, 0.2) is 0 Å². The summed E-state index contributed by atoms with van der Waals surface area (Å²) in [5.74, 6) is 1.48. The molecule has 0 aliphatic heterocycles. The summed E-state index contributed by atoms with van der Waals surface area (Å²) < 4.78 is 11.0. The number of nitrogens with zero attached hydrogens (tertiary/aromatic N) is 4. The third-order valence-electron chi connectivity index (χ3n) is 2.90. The highest BCUT2D eigenvalue weighted by Gasteiger charge is 2.15. The van der Waals surface area contributed by atoms with E-state index in [2.05, 4.69) is 20.2 Å². The van der Waals surface area contributed by atoms with Crippen LogP contribution in [0.1, 0.15) is 5.69 Å². The van der Waals surface area contributed by atoms with E-state index in [-0.39, 0.29) is 0 Å². The number of hydrogen-bond acceptors (Lipinski definition) is 6. The normalized spacial score (nSPS) is 10.5. The minimum Gasteiger partial charge on any atom is -0.496 e. The first-order valence-corrected chi connectivity index (χ1v) is 6.03. The van der Waals surface area contributed by atoms with Gasteiger partial charge in [0.1, 0.15) is 12.1 Å². The molecule has 0 aliphatic rings. The molecule has 2 aromatic heterocycles. The first kappa shape index (κ1) is 12.3. The average molecular weight is 268 g/mol. The van der Waals surface area contributed by atoms with Gasteiger partial charge in [0.2, 0.25) is 0 Å². The minimum absolute atomic E-state index is 0.393. The number of aryl methyl sites for hydroxylation is 1. The van der Waals surface area contributed by atoms with Gasteiger partial charge < -0.3 is 9.15 Å². The van der Waals surface area contributed by atoms with Crippen LogP contribution < -0.4 is 4.74 Å². The minimum atomic E-state index is 0.393. The molecule has 0 fully saturated rings. The zero-order valence-corrected chi connectivity index (χ0v) is 11.1. The molecular weight excluding hydrogens is 256 g/mol. The fraction of sp³-hybridized carbons (Fsp3) is 0.143. The molecule has 6 nitrogen and oxygen atoms in total. The van der Waals surface area contributed by atoms with E-state index in [0.717, 1.165) is 16.8 Å². The predicted octanol–water partition coefficient (Wildman–Crippen LogP) is 2.51. The molecule has 0 N–H and O–H groups in total. The van der Waals surface area contributed by atoms with Crippen molar-refractivity contribution in [1.82, 2.24) is 20.2 Å². The van der Waals surface area contributed by atoms with Crippen LogP contribution in [0.25, 0.3) is 22.9 Å². The van der Waals surface area contributed by atoms with Crippen LogP contribution in [0.5, 0.6) is 5.75 Å². The molecule has 3 rings (SSSR count). The maximum atomic E-state index is 5.70. The summed E-state index contributed by atoms with van der Waals surface area (Å²) in [4.78, 5) is 8.08. The molecule has 0 saturated heterocycles. The number of para-hydroxylation sites is 1. The number of rotatable bonds is 3. The van der Waals surface area contributed by atoms with Gasteiger partial charge in [-0.3, -0.25) is 0 Å². The molecule has 2 heterocycles. The average Bonchev–Trinajstić information content (AvgIpc) is 2.97. The largest absolute Gasteiger partial charge is 0.496 e. The molecule has 0 amide bonds. The highest BCUT2D eigenvalue weighted by Crippen LogP contribution is 2.30. The topological polar surface area (TPSA) is 73.9 Å². The molecule has 0 atom stereocenters. The SMILES string of the molecule is COc1ccccc1-c1nnc(-c2cncnc2C)o1. The summed E-state index contributed by atoms with van der Waals surface area (Å²) in [7, 11) is 1.60. The van der Waals surface area contributed by atoms with Gasteiger partial charge in [0.25, 0.3) is 11.8 Å². The molecule has 0 bridgehead atoms. The molecule has 0 aliphatic carbocycles. The van der Waals surface area contributed by atoms with Crippen molar-refractivity contribution >= 4 is 0 Å². The smallest absolute Gasteiger partial charge is 0.251 e. The molecular formula is C14H12N4O2. The number of hydrogen-bond donors (Lipinski definition) is 0. The molecule has 20 heavy (non-hydrogen) atoms. The van der Waals surface area contributed by atoms with Crippen molar-refractivity contribution < 1.29 is 9.15 Å². The Kier molecular flexibility index (Phi) is 3.12. The lowest BCUT2D eigenvalue weighted by atomic mass is 10.2. The Morgan fingerprint density at radius 2 is 1.80 bits per heavy atom. The van der Waals surface area contributed by atoms with Crippen molar-refractivity contribution in [2.24, 2.45) is 0 Å². The fourth-order valence-corrected chi connectivity index (χ4v) is 1.86. The Labute approximate surface area is 115 Å². The maximum absolute atomic E-state index is 5.70. The lowest BCUT2D eigenvalue weighted by molar-refractivity contribution is 0.414. The van der Waals surface area contributed by atoms with Crippen LogP contribution in [0.3, 0.4) is 0 Å². The van der Waals surface area contributed by atoms with Crippen LogP contribution >= 0.6 is 0 Å². The lowest BCUT2D eigenvalue weighted by Crippen LogP contribution is -1.88. The Hall–Kier alpha value is -2.76. The monoisotopic (exact) mass is 268 g/mol. The van der Waals surface area contributed by atoms with E-state index in [1.807, 2.05) is 31.2 Å². The van der Waals surface area contributed by atoms with E-state index in [9.17, 15) is 0 Å². The van der Waals surface area contributed by atoms with Crippen LogP contribution in [0, 0.1) is 6.92 Å². The standard InChI is InChI=1S/C14H12N4O2/c1-9-11(7-15-8-16-9)14-18-17-13(20-14)10-5-3-4-6-12(10)19-2/h3-8H,1-2H3. The second-order valence-corrected chi connectivity index (χ2v) is 4.13. The van der Waals surface area contributed by atoms with E-state index < -0.39 is 0 Å². The molecule has 0 unspecified atom stereocenters. The van der Waals surface area contributed by atoms with Crippen molar-refractivity contribution in [1.29, 1.82) is 0 Å². The van der Waals surface area contributed by atoms with Crippen molar-refractivity contribution in [3.8, 4) is 28.7 Å². The van der Waals surface area contributed by atoms with E-state index in [1.165, 1.54) is 6.33 Å².